The van der Waals surface area contributed by atoms with Crippen LogP contribution in [0.4, 0.5) is 4.39 Å². The van der Waals surface area contributed by atoms with Gasteiger partial charge in [-0.2, -0.15) is 4.40 Å². The van der Waals surface area contributed by atoms with Gasteiger partial charge >= 0.3 is 0 Å². The highest BCUT2D eigenvalue weighted by molar-refractivity contribution is 9.10. The van der Waals surface area contributed by atoms with E-state index < -0.39 is 21.5 Å². The first-order chi connectivity index (χ1) is 10.5. The van der Waals surface area contributed by atoms with Crippen LogP contribution in [0.15, 0.2) is 32.0 Å². The Kier molecular flexibility index (Phi) is 4.92. The van der Waals surface area contributed by atoms with Gasteiger partial charge in [0, 0.05) is 17.3 Å². The van der Waals surface area contributed by atoms with Gasteiger partial charge in [-0.3, -0.25) is 9.20 Å². The summed E-state index contributed by atoms with van der Waals surface area (Å²) in [5.41, 5.74) is 1.74. The zero-order chi connectivity index (χ0) is 17.5. The Morgan fingerprint density at radius 2 is 1.96 bits per heavy atom. The van der Waals surface area contributed by atoms with Gasteiger partial charge in [-0.15, -0.1) is 0 Å². The van der Waals surface area contributed by atoms with Crippen LogP contribution < -0.4 is 5.56 Å². The van der Waals surface area contributed by atoms with Crippen molar-refractivity contribution < 1.29 is 8.60 Å². The topological polar surface area (TPSA) is 50.9 Å². The standard InChI is InChI=1S/C16H18BrFN2O2S/c1-9-13(10(2)19-23(22)16(3,4)5)14(17)12-7-6-11(18)8-20(12)15(9)21/h6-8H,1-5H3/b19-10+. The number of halogens is 2. The summed E-state index contributed by atoms with van der Waals surface area (Å²) in [6.45, 7) is 8.87. The smallest absolute Gasteiger partial charge is 0.258 e. The fourth-order valence-electron chi connectivity index (χ4n) is 2.14. The normalized spacial score (nSPS) is 14.3. The molecule has 0 amide bonds. The average Bonchev–Trinajstić information content (AvgIpc) is 2.43. The van der Waals surface area contributed by atoms with Gasteiger partial charge in [0.15, 0.2) is 0 Å². The second-order valence-electron chi connectivity index (χ2n) is 6.26. The molecule has 1 atom stereocenters. The lowest BCUT2D eigenvalue weighted by atomic mass is 10.1. The molecular formula is C16H18BrFN2O2S. The van der Waals surface area contributed by atoms with Gasteiger partial charge in [0.2, 0.25) is 0 Å². The highest BCUT2D eigenvalue weighted by Gasteiger charge is 2.21. The summed E-state index contributed by atoms with van der Waals surface area (Å²) in [5, 5.41) is 0. The maximum Gasteiger partial charge on any atom is 0.258 e. The molecular weight excluding hydrogens is 383 g/mol. The molecule has 0 radical (unpaired) electrons. The lowest BCUT2D eigenvalue weighted by Gasteiger charge is -2.16. The molecule has 23 heavy (non-hydrogen) atoms. The van der Waals surface area contributed by atoms with Crippen LogP contribution in [0.25, 0.3) is 5.52 Å². The van der Waals surface area contributed by atoms with E-state index in [9.17, 15) is 13.4 Å². The number of hydrogen-bond donors (Lipinski definition) is 0. The third-order valence-corrected chi connectivity index (χ3v) is 5.67. The van der Waals surface area contributed by atoms with Gasteiger partial charge in [0.1, 0.15) is 16.8 Å². The first kappa shape index (κ1) is 18.0. The highest BCUT2D eigenvalue weighted by atomic mass is 79.9. The summed E-state index contributed by atoms with van der Waals surface area (Å²) in [6.07, 6.45) is 1.15. The van der Waals surface area contributed by atoms with Crippen LogP contribution >= 0.6 is 15.9 Å². The van der Waals surface area contributed by atoms with Gasteiger partial charge in [-0.05, 0) is 62.7 Å². The highest BCUT2D eigenvalue weighted by Crippen LogP contribution is 2.26. The maximum absolute atomic E-state index is 13.4. The molecule has 0 N–H and O–H groups in total. The molecule has 0 fully saturated rings. The third kappa shape index (κ3) is 3.45. The molecule has 0 aromatic carbocycles. The summed E-state index contributed by atoms with van der Waals surface area (Å²) in [5.74, 6) is -0.488. The van der Waals surface area contributed by atoms with Crippen molar-refractivity contribution >= 4 is 38.1 Å². The monoisotopic (exact) mass is 400 g/mol. The summed E-state index contributed by atoms with van der Waals surface area (Å²) in [4.78, 5) is 12.5. The van der Waals surface area contributed by atoms with Crippen molar-refractivity contribution in [2.24, 2.45) is 4.40 Å². The summed E-state index contributed by atoms with van der Waals surface area (Å²) < 4.78 is 31.3. The first-order valence-electron chi connectivity index (χ1n) is 7.01. The third-order valence-electron chi connectivity index (χ3n) is 3.38. The van der Waals surface area contributed by atoms with E-state index in [0.29, 0.717) is 26.8 Å². The van der Waals surface area contributed by atoms with E-state index in [4.69, 9.17) is 0 Å². The van der Waals surface area contributed by atoms with Crippen LogP contribution in [-0.2, 0) is 11.0 Å². The predicted molar refractivity (Wildman–Crippen MR) is 96.2 cm³/mol. The Morgan fingerprint density at radius 1 is 1.35 bits per heavy atom. The first-order valence-corrected chi connectivity index (χ1v) is 8.91. The molecule has 0 spiro atoms. The maximum atomic E-state index is 13.4. The number of aromatic nitrogens is 1. The molecule has 0 aliphatic heterocycles. The number of pyridine rings is 2. The van der Waals surface area contributed by atoms with Crippen LogP contribution in [0.2, 0.25) is 0 Å². The quantitative estimate of drug-likeness (QED) is 0.720. The second-order valence-corrected chi connectivity index (χ2v) is 8.96. The predicted octanol–water partition coefficient (Wildman–Crippen LogP) is 3.78. The van der Waals surface area contributed by atoms with Crippen molar-refractivity contribution in [2.45, 2.75) is 39.4 Å². The Labute approximate surface area is 145 Å². The van der Waals surface area contributed by atoms with E-state index in [1.54, 1.807) is 13.8 Å². The van der Waals surface area contributed by atoms with Crippen molar-refractivity contribution in [3.8, 4) is 0 Å². The van der Waals surface area contributed by atoms with Crippen molar-refractivity contribution in [1.82, 2.24) is 4.40 Å². The molecule has 124 valence electrons. The summed E-state index contributed by atoms with van der Waals surface area (Å²) in [6, 6.07) is 2.82. The number of fused-ring (bicyclic) bond motifs is 1. The van der Waals surface area contributed by atoms with Gasteiger partial charge in [-0.1, -0.05) is 0 Å². The van der Waals surface area contributed by atoms with Gasteiger partial charge in [0.05, 0.1) is 20.4 Å². The van der Waals surface area contributed by atoms with E-state index >= 15 is 0 Å². The molecule has 0 bridgehead atoms. The van der Waals surface area contributed by atoms with Crippen LogP contribution in [0, 0.1) is 12.7 Å². The van der Waals surface area contributed by atoms with E-state index in [1.165, 1.54) is 16.5 Å². The molecule has 0 saturated carbocycles. The molecule has 2 heterocycles. The minimum atomic E-state index is -1.43. The Bertz CT molecular complexity index is 898. The van der Waals surface area contributed by atoms with E-state index in [1.807, 2.05) is 20.8 Å². The van der Waals surface area contributed by atoms with Crippen LogP contribution in [0.3, 0.4) is 0 Å². The number of rotatable bonds is 2. The van der Waals surface area contributed by atoms with E-state index in [0.717, 1.165) is 6.20 Å². The van der Waals surface area contributed by atoms with E-state index in [-0.39, 0.29) is 5.56 Å². The van der Waals surface area contributed by atoms with Crippen LogP contribution in [-0.4, -0.2) is 19.1 Å². The Morgan fingerprint density at radius 3 is 2.52 bits per heavy atom. The molecule has 0 saturated heterocycles. The zero-order valence-corrected chi connectivity index (χ0v) is 16.0. The minimum Gasteiger partial charge on any atom is -0.280 e. The van der Waals surface area contributed by atoms with E-state index in [2.05, 4.69) is 20.3 Å². The zero-order valence-electron chi connectivity index (χ0n) is 13.6. The molecule has 4 nitrogen and oxygen atoms in total. The Balaban J connectivity index is 2.76. The number of nitrogens with zero attached hydrogens (tertiary/aromatic N) is 2. The SMILES string of the molecule is C/C(=N\S(=O)C(C)(C)C)c1c(C)c(=O)n2cc(F)ccc2c1Br. The molecule has 0 aliphatic rings. The Hall–Kier alpha value is -1.34. The molecule has 2 rings (SSSR count). The molecule has 7 heteroatoms. The van der Waals surface area contributed by atoms with Gasteiger partial charge in [-0.25, -0.2) is 8.60 Å². The fourth-order valence-corrected chi connectivity index (χ4v) is 3.66. The van der Waals surface area contributed by atoms with Crippen molar-refractivity contribution in [2.75, 3.05) is 0 Å². The molecule has 2 aromatic heterocycles. The lowest BCUT2D eigenvalue weighted by molar-refractivity contribution is 0.618. The average molecular weight is 401 g/mol. The van der Waals surface area contributed by atoms with Crippen LogP contribution in [0.5, 0.6) is 0 Å². The second kappa shape index (κ2) is 6.28. The molecule has 1 unspecified atom stereocenters. The number of hydrogen-bond acceptors (Lipinski definition) is 2. The lowest BCUT2D eigenvalue weighted by Crippen LogP contribution is -2.23. The minimum absolute atomic E-state index is 0.325. The van der Waals surface area contributed by atoms with Gasteiger partial charge in [0.25, 0.3) is 5.56 Å². The fraction of sp³-hybridized carbons (Fsp3) is 0.375. The van der Waals surface area contributed by atoms with Crippen molar-refractivity contribution in [3.05, 3.63) is 50.1 Å². The van der Waals surface area contributed by atoms with Crippen molar-refractivity contribution in [3.63, 3.8) is 0 Å². The molecule has 2 aromatic rings. The summed E-state index contributed by atoms with van der Waals surface area (Å²) in [7, 11) is -1.43. The van der Waals surface area contributed by atoms with Gasteiger partial charge < -0.3 is 0 Å². The largest absolute Gasteiger partial charge is 0.280 e. The summed E-state index contributed by atoms with van der Waals surface area (Å²) >= 11 is 3.47. The van der Waals surface area contributed by atoms with Crippen molar-refractivity contribution in [1.29, 1.82) is 0 Å². The van der Waals surface area contributed by atoms with Crippen LogP contribution in [0.1, 0.15) is 38.8 Å². The molecule has 0 aliphatic carbocycles.